The molecule has 1 aromatic carbocycles. The molecule has 0 saturated carbocycles. The van der Waals surface area contributed by atoms with E-state index in [1.165, 1.54) is 31.5 Å². The molecular weight excluding hydrogens is 322 g/mol. The van der Waals surface area contributed by atoms with Crippen molar-refractivity contribution in [2.45, 2.75) is 38.6 Å². The molecule has 0 aliphatic carbocycles. The molecule has 0 bridgehead atoms. The Balaban J connectivity index is 0.00000208. The van der Waals surface area contributed by atoms with E-state index in [9.17, 15) is 4.79 Å². The fourth-order valence-electron chi connectivity index (χ4n) is 3.74. The number of rotatable bonds is 6. The Bertz CT molecular complexity index is 525. The number of carbonyl (C=O) groups excluding carboxylic acids is 1. The Kier molecular flexibility index (Phi) is 7.53. The number of carbonyl (C=O) groups is 1. The number of likely N-dealkylation sites (tertiary alicyclic amines) is 1. The van der Waals surface area contributed by atoms with Crippen LogP contribution >= 0.6 is 12.4 Å². The van der Waals surface area contributed by atoms with Crippen molar-refractivity contribution in [3.63, 3.8) is 0 Å². The van der Waals surface area contributed by atoms with Crippen LogP contribution in [0.1, 0.15) is 30.4 Å². The first-order valence-corrected chi connectivity index (χ1v) is 9.01. The van der Waals surface area contributed by atoms with E-state index in [1.807, 2.05) is 12.1 Å². The van der Waals surface area contributed by atoms with Gasteiger partial charge in [-0.25, -0.2) is 0 Å². The minimum Gasteiger partial charge on any atom is -0.337 e. The topological polar surface area (TPSA) is 35.6 Å². The fraction of sp³-hybridized carbons (Fsp3) is 0.632. The summed E-state index contributed by atoms with van der Waals surface area (Å²) in [5.41, 5.74) is 2.37. The molecule has 4 nitrogen and oxygen atoms in total. The van der Waals surface area contributed by atoms with E-state index in [2.05, 4.69) is 34.2 Å². The number of benzene rings is 1. The standard InChI is InChI=1S/C19H29N3O.ClH/c1-16-6-2-3-7-17(16)14-19(23)22(18-8-9-20-15-18)13-12-21-10-4-5-11-21;/h2-3,6-7,18,20H,4-5,8-15H2,1H3;1H. The highest BCUT2D eigenvalue weighted by Gasteiger charge is 2.27. The fourth-order valence-corrected chi connectivity index (χ4v) is 3.74. The summed E-state index contributed by atoms with van der Waals surface area (Å²) in [6.45, 7) is 8.36. The van der Waals surface area contributed by atoms with Gasteiger partial charge in [0.25, 0.3) is 0 Å². The largest absolute Gasteiger partial charge is 0.337 e. The number of nitrogens with zero attached hydrogens (tertiary/aromatic N) is 2. The first kappa shape index (κ1) is 19.2. The van der Waals surface area contributed by atoms with Crippen molar-refractivity contribution >= 4 is 18.3 Å². The minimum atomic E-state index is 0. The number of halogens is 1. The van der Waals surface area contributed by atoms with E-state index >= 15 is 0 Å². The molecule has 1 unspecified atom stereocenters. The normalized spacial score (nSPS) is 20.8. The molecule has 2 fully saturated rings. The van der Waals surface area contributed by atoms with Crippen molar-refractivity contribution in [1.29, 1.82) is 0 Å². The van der Waals surface area contributed by atoms with E-state index in [0.717, 1.165) is 38.2 Å². The second-order valence-electron chi connectivity index (χ2n) is 6.89. The summed E-state index contributed by atoms with van der Waals surface area (Å²) in [7, 11) is 0. The lowest BCUT2D eigenvalue weighted by molar-refractivity contribution is -0.132. The lowest BCUT2D eigenvalue weighted by atomic mass is 10.0. The third-order valence-electron chi connectivity index (χ3n) is 5.25. The van der Waals surface area contributed by atoms with E-state index in [4.69, 9.17) is 0 Å². The average Bonchev–Trinajstić information content (AvgIpc) is 3.23. The highest BCUT2D eigenvalue weighted by Crippen LogP contribution is 2.15. The van der Waals surface area contributed by atoms with Gasteiger partial charge in [0.15, 0.2) is 0 Å². The monoisotopic (exact) mass is 351 g/mol. The zero-order valence-electron chi connectivity index (χ0n) is 14.7. The molecule has 1 atom stereocenters. The molecule has 2 heterocycles. The average molecular weight is 352 g/mol. The van der Waals surface area contributed by atoms with Crippen LogP contribution in [0.5, 0.6) is 0 Å². The molecule has 5 heteroatoms. The smallest absolute Gasteiger partial charge is 0.227 e. The van der Waals surface area contributed by atoms with Crippen LogP contribution in [0.4, 0.5) is 0 Å². The molecule has 2 aliphatic heterocycles. The van der Waals surface area contributed by atoms with Crippen LogP contribution < -0.4 is 5.32 Å². The van der Waals surface area contributed by atoms with E-state index in [-0.39, 0.29) is 18.3 Å². The van der Waals surface area contributed by atoms with Crippen LogP contribution in [-0.4, -0.2) is 61.0 Å². The van der Waals surface area contributed by atoms with Gasteiger partial charge in [-0.05, 0) is 56.9 Å². The molecule has 2 aliphatic rings. The molecule has 24 heavy (non-hydrogen) atoms. The van der Waals surface area contributed by atoms with Crippen LogP contribution in [0.2, 0.25) is 0 Å². The third-order valence-corrected chi connectivity index (χ3v) is 5.25. The highest BCUT2D eigenvalue weighted by atomic mass is 35.5. The maximum Gasteiger partial charge on any atom is 0.227 e. The van der Waals surface area contributed by atoms with Gasteiger partial charge in [-0.1, -0.05) is 24.3 Å². The van der Waals surface area contributed by atoms with Crippen molar-refractivity contribution in [1.82, 2.24) is 15.1 Å². The van der Waals surface area contributed by atoms with Gasteiger partial charge in [-0.15, -0.1) is 12.4 Å². The Morgan fingerprint density at radius 2 is 2.04 bits per heavy atom. The molecule has 3 rings (SSSR count). The highest BCUT2D eigenvalue weighted by molar-refractivity contribution is 5.85. The predicted molar refractivity (Wildman–Crippen MR) is 101 cm³/mol. The SMILES string of the molecule is Cc1ccccc1CC(=O)N(CCN1CCCC1)C1CCNC1.Cl. The first-order valence-electron chi connectivity index (χ1n) is 9.01. The Hall–Kier alpha value is -1.10. The summed E-state index contributed by atoms with van der Waals surface area (Å²) < 4.78 is 0. The molecule has 1 N–H and O–H groups in total. The maximum atomic E-state index is 12.9. The summed E-state index contributed by atoms with van der Waals surface area (Å²) in [6.07, 6.45) is 4.23. The van der Waals surface area contributed by atoms with E-state index in [1.54, 1.807) is 0 Å². The quantitative estimate of drug-likeness (QED) is 0.853. The van der Waals surface area contributed by atoms with Crippen LogP contribution in [0.25, 0.3) is 0 Å². The first-order chi connectivity index (χ1) is 11.2. The van der Waals surface area contributed by atoms with Gasteiger partial charge in [0, 0.05) is 25.7 Å². The van der Waals surface area contributed by atoms with E-state index < -0.39 is 0 Å². The van der Waals surface area contributed by atoms with Gasteiger partial charge >= 0.3 is 0 Å². The van der Waals surface area contributed by atoms with Gasteiger partial charge < -0.3 is 15.1 Å². The molecule has 0 aromatic heterocycles. The zero-order chi connectivity index (χ0) is 16.1. The minimum absolute atomic E-state index is 0. The van der Waals surface area contributed by atoms with Gasteiger partial charge in [0.1, 0.15) is 0 Å². The third kappa shape index (κ3) is 4.95. The molecular formula is C19H30ClN3O. The van der Waals surface area contributed by atoms with E-state index in [0.29, 0.717) is 12.5 Å². The van der Waals surface area contributed by atoms with Crippen LogP contribution in [0.15, 0.2) is 24.3 Å². The molecule has 0 spiro atoms. The number of nitrogens with one attached hydrogen (secondary N) is 1. The maximum absolute atomic E-state index is 12.9. The summed E-state index contributed by atoms with van der Waals surface area (Å²) >= 11 is 0. The molecule has 2 saturated heterocycles. The summed E-state index contributed by atoms with van der Waals surface area (Å²) in [6, 6.07) is 8.61. The van der Waals surface area contributed by atoms with Crippen molar-refractivity contribution in [3.8, 4) is 0 Å². The lowest BCUT2D eigenvalue weighted by Crippen LogP contribution is -2.46. The zero-order valence-corrected chi connectivity index (χ0v) is 15.5. The Morgan fingerprint density at radius 1 is 1.29 bits per heavy atom. The number of aryl methyl sites for hydroxylation is 1. The van der Waals surface area contributed by atoms with Crippen molar-refractivity contribution in [2.24, 2.45) is 0 Å². The van der Waals surface area contributed by atoms with Crippen LogP contribution in [0, 0.1) is 6.92 Å². The number of hydrogen-bond acceptors (Lipinski definition) is 3. The second-order valence-corrected chi connectivity index (χ2v) is 6.89. The summed E-state index contributed by atoms with van der Waals surface area (Å²) in [4.78, 5) is 17.6. The van der Waals surface area contributed by atoms with Crippen molar-refractivity contribution in [3.05, 3.63) is 35.4 Å². The van der Waals surface area contributed by atoms with Crippen molar-refractivity contribution in [2.75, 3.05) is 39.3 Å². The Labute approximate surface area is 152 Å². The van der Waals surface area contributed by atoms with Crippen LogP contribution in [0.3, 0.4) is 0 Å². The number of hydrogen-bond donors (Lipinski definition) is 1. The van der Waals surface area contributed by atoms with Crippen molar-refractivity contribution < 1.29 is 4.79 Å². The molecule has 1 aromatic rings. The van der Waals surface area contributed by atoms with Gasteiger partial charge in [0.05, 0.1) is 6.42 Å². The molecule has 134 valence electrons. The molecule has 0 radical (unpaired) electrons. The van der Waals surface area contributed by atoms with Gasteiger partial charge in [-0.2, -0.15) is 0 Å². The van der Waals surface area contributed by atoms with Crippen LogP contribution in [-0.2, 0) is 11.2 Å². The van der Waals surface area contributed by atoms with Gasteiger partial charge in [-0.3, -0.25) is 4.79 Å². The number of amides is 1. The summed E-state index contributed by atoms with van der Waals surface area (Å²) in [5, 5.41) is 3.40. The summed E-state index contributed by atoms with van der Waals surface area (Å²) in [5.74, 6) is 0.284. The van der Waals surface area contributed by atoms with Gasteiger partial charge in [0.2, 0.25) is 5.91 Å². The predicted octanol–water partition coefficient (Wildman–Crippen LogP) is 2.25. The Morgan fingerprint density at radius 3 is 2.71 bits per heavy atom. The lowest BCUT2D eigenvalue weighted by Gasteiger charge is -2.30. The second kappa shape index (κ2) is 9.40. The molecule has 1 amide bonds.